The van der Waals surface area contributed by atoms with E-state index in [9.17, 15) is 0 Å². The molecule has 0 spiro atoms. The van der Waals surface area contributed by atoms with Gasteiger partial charge in [0.05, 0.1) is 31.7 Å². The molecule has 1 saturated heterocycles. The Labute approximate surface area is 167 Å². The molecule has 6 nitrogen and oxygen atoms in total. The van der Waals surface area contributed by atoms with Gasteiger partial charge in [0.1, 0.15) is 5.75 Å². The Morgan fingerprint density at radius 1 is 1.11 bits per heavy atom. The Morgan fingerprint density at radius 3 is 2.68 bits per heavy atom. The minimum absolute atomic E-state index is 0.134. The van der Waals surface area contributed by atoms with Gasteiger partial charge in [-0.3, -0.25) is 5.43 Å². The molecule has 4 rings (SSSR count). The number of hydrogen-bond donors (Lipinski definition) is 1. The van der Waals surface area contributed by atoms with E-state index < -0.39 is 0 Å². The maximum absolute atomic E-state index is 5.71. The molecule has 1 N–H and O–H groups in total. The highest BCUT2D eigenvalue weighted by molar-refractivity contribution is 7.14. The molecule has 28 heavy (non-hydrogen) atoms. The van der Waals surface area contributed by atoms with Crippen LogP contribution < -0.4 is 10.2 Å². The fraction of sp³-hybridized carbons (Fsp3) is 0.238. The molecule has 3 aromatic rings. The van der Waals surface area contributed by atoms with Gasteiger partial charge in [0.2, 0.25) is 5.13 Å². The Kier molecular flexibility index (Phi) is 6.29. The number of hydrazone groups is 1. The average molecular weight is 395 g/mol. The zero-order valence-electron chi connectivity index (χ0n) is 15.3. The molecule has 0 saturated carbocycles. The Morgan fingerprint density at radius 2 is 1.89 bits per heavy atom. The predicted molar refractivity (Wildman–Crippen MR) is 111 cm³/mol. The van der Waals surface area contributed by atoms with E-state index in [0.29, 0.717) is 19.8 Å². The van der Waals surface area contributed by atoms with E-state index in [0.717, 1.165) is 34.1 Å². The summed E-state index contributed by atoms with van der Waals surface area (Å²) in [5.74, 6) is 0.815. The van der Waals surface area contributed by atoms with Gasteiger partial charge in [-0.2, -0.15) is 5.10 Å². The summed E-state index contributed by atoms with van der Waals surface area (Å²) in [5, 5.41) is 7.03. The van der Waals surface area contributed by atoms with Crippen molar-refractivity contribution >= 4 is 22.7 Å². The molecule has 2 aromatic carbocycles. The molecule has 7 heteroatoms. The second kappa shape index (κ2) is 9.45. The van der Waals surface area contributed by atoms with Crippen LogP contribution in [-0.4, -0.2) is 37.3 Å². The Bertz CT molecular complexity index is 891. The molecular formula is C21H21N3O3S. The summed E-state index contributed by atoms with van der Waals surface area (Å²) in [5.41, 5.74) is 5.99. The average Bonchev–Trinajstić information content (AvgIpc) is 3.42. The van der Waals surface area contributed by atoms with Gasteiger partial charge in [-0.25, -0.2) is 4.98 Å². The van der Waals surface area contributed by atoms with Crippen LogP contribution in [-0.2, 0) is 9.47 Å². The lowest BCUT2D eigenvalue weighted by Gasteiger charge is -2.10. The van der Waals surface area contributed by atoms with Crippen LogP contribution in [0.5, 0.6) is 5.75 Å². The number of anilines is 1. The zero-order valence-corrected chi connectivity index (χ0v) is 16.1. The SMILES string of the molecule is C(=NNc1nc(-c2ccccc2)cs1)c1ccc(OCCC2OCCO2)cc1. The van der Waals surface area contributed by atoms with Crippen LogP contribution in [0, 0.1) is 0 Å². The molecule has 0 bridgehead atoms. The summed E-state index contributed by atoms with van der Waals surface area (Å²) in [6, 6.07) is 17.9. The standard InChI is InChI=1S/C21H21N3O3S/c1-2-4-17(5-3-1)19-15-28-21(23-19)24-22-14-16-6-8-18(9-7-16)25-11-10-20-26-12-13-27-20/h1-9,14-15,20H,10-13H2,(H,23,24). The quantitative estimate of drug-likeness (QED) is 0.452. The monoisotopic (exact) mass is 395 g/mol. The summed E-state index contributed by atoms with van der Waals surface area (Å²) in [4.78, 5) is 4.55. The van der Waals surface area contributed by atoms with Crippen molar-refractivity contribution in [3.63, 3.8) is 0 Å². The number of aromatic nitrogens is 1. The lowest BCUT2D eigenvalue weighted by atomic mass is 10.2. The van der Waals surface area contributed by atoms with E-state index in [1.165, 1.54) is 11.3 Å². The van der Waals surface area contributed by atoms with Gasteiger partial charge in [-0.05, 0) is 29.8 Å². The third-order valence-electron chi connectivity index (χ3n) is 4.14. The van der Waals surface area contributed by atoms with Crippen molar-refractivity contribution < 1.29 is 14.2 Å². The van der Waals surface area contributed by atoms with E-state index in [2.05, 4.69) is 15.5 Å². The van der Waals surface area contributed by atoms with Crippen LogP contribution in [0.4, 0.5) is 5.13 Å². The molecule has 1 aromatic heterocycles. The van der Waals surface area contributed by atoms with Gasteiger partial charge < -0.3 is 14.2 Å². The first-order valence-corrected chi connectivity index (χ1v) is 10.0. The first kappa shape index (κ1) is 18.6. The van der Waals surface area contributed by atoms with E-state index >= 15 is 0 Å². The first-order chi connectivity index (χ1) is 13.9. The highest BCUT2D eigenvalue weighted by Crippen LogP contribution is 2.24. The van der Waals surface area contributed by atoms with Crippen LogP contribution in [0.1, 0.15) is 12.0 Å². The van der Waals surface area contributed by atoms with Gasteiger partial charge in [0, 0.05) is 17.4 Å². The van der Waals surface area contributed by atoms with E-state index in [4.69, 9.17) is 14.2 Å². The van der Waals surface area contributed by atoms with Crippen molar-refractivity contribution in [2.24, 2.45) is 5.10 Å². The van der Waals surface area contributed by atoms with Crippen molar-refractivity contribution in [1.29, 1.82) is 0 Å². The van der Waals surface area contributed by atoms with Crippen LogP contribution in [0.15, 0.2) is 65.1 Å². The van der Waals surface area contributed by atoms with Crippen molar-refractivity contribution in [2.75, 3.05) is 25.2 Å². The molecule has 0 atom stereocenters. The normalized spacial score (nSPS) is 14.6. The van der Waals surface area contributed by atoms with Gasteiger partial charge in [-0.15, -0.1) is 11.3 Å². The van der Waals surface area contributed by atoms with Crippen LogP contribution in [0.3, 0.4) is 0 Å². The minimum atomic E-state index is -0.134. The Balaban J connectivity index is 1.25. The summed E-state index contributed by atoms with van der Waals surface area (Å²) in [6.45, 7) is 1.90. The number of nitrogens with zero attached hydrogens (tertiary/aromatic N) is 2. The predicted octanol–water partition coefficient (Wildman–Crippen LogP) is 4.40. The highest BCUT2D eigenvalue weighted by atomic mass is 32.1. The first-order valence-electron chi connectivity index (χ1n) is 9.13. The topological polar surface area (TPSA) is 65.0 Å². The summed E-state index contributed by atoms with van der Waals surface area (Å²) in [7, 11) is 0. The molecule has 0 aliphatic carbocycles. The maximum Gasteiger partial charge on any atom is 0.203 e. The number of ether oxygens (including phenoxy) is 3. The summed E-state index contributed by atoms with van der Waals surface area (Å²) < 4.78 is 16.5. The van der Waals surface area contributed by atoms with E-state index in [-0.39, 0.29) is 6.29 Å². The van der Waals surface area contributed by atoms with Crippen molar-refractivity contribution in [3.8, 4) is 17.0 Å². The zero-order chi connectivity index (χ0) is 19.0. The molecule has 0 radical (unpaired) electrons. The lowest BCUT2D eigenvalue weighted by molar-refractivity contribution is -0.0531. The summed E-state index contributed by atoms with van der Waals surface area (Å²) >= 11 is 1.52. The fourth-order valence-electron chi connectivity index (χ4n) is 2.73. The molecule has 1 aliphatic heterocycles. The second-order valence-electron chi connectivity index (χ2n) is 6.15. The van der Waals surface area contributed by atoms with E-state index in [1.54, 1.807) is 6.21 Å². The molecule has 144 valence electrons. The summed E-state index contributed by atoms with van der Waals surface area (Å²) in [6.07, 6.45) is 2.35. The van der Waals surface area contributed by atoms with Gasteiger partial charge in [0.25, 0.3) is 0 Å². The minimum Gasteiger partial charge on any atom is -0.493 e. The van der Waals surface area contributed by atoms with Gasteiger partial charge >= 0.3 is 0 Å². The number of nitrogens with one attached hydrogen (secondary N) is 1. The fourth-order valence-corrected chi connectivity index (χ4v) is 3.39. The van der Waals surface area contributed by atoms with Crippen LogP contribution >= 0.6 is 11.3 Å². The van der Waals surface area contributed by atoms with Crippen LogP contribution in [0.25, 0.3) is 11.3 Å². The number of hydrogen-bond acceptors (Lipinski definition) is 7. The molecule has 0 unspecified atom stereocenters. The van der Waals surface area contributed by atoms with Gasteiger partial charge in [0.15, 0.2) is 6.29 Å². The van der Waals surface area contributed by atoms with Crippen LogP contribution in [0.2, 0.25) is 0 Å². The smallest absolute Gasteiger partial charge is 0.203 e. The number of thiazole rings is 1. The van der Waals surface area contributed by atoms with Gasteiger partial charge in [-0.1, -0.05) is 30.3 Å². The highest BCUT2D eigenvalue weighted by Gasteiger charge is 2.15. The molecule has 0 amide bonds. The number of rotatable bonds is 8. The molecule has 2 heterocycles. The van der Waals surface area contributed by atoms with E-state index in [1.807, 2.05) is 60.0 Å². The van der Waals surface area contributed by atoms with Crippen molar-refractivity contribution in [1.82, 2.24) is 4.98 Å². The third kappa shape index (κ3) is 5.16. The largest absolute Gasteiger partial charge is 0.493 e. The molecule has 1 fully saturated rings. The Hall–Kier alpha value is -2.74. The lowest BCUT2D eigenvalue weighted by Crippen LogP contribution is -2.12. The number of benzene rings is 2. The maximum atomic E-state index is 5.71. The molecule has 1 aliphatic rings. The van der Waals surface area contributed by atoms with Crippen molar-refractivity contribution in [2.45, 2.75) is 12.7 Å². The van der Waals surface area contributed by atoms with Crippen molar-refractivity contribution in [3.05, 3.63) is 65.5 Å². The third-order valence-corrected chi connectivity index (χ3v) is 4.89. The molecular weight excluding hydrogens is 374 g/mol. The second-order valence-corrected chi connectivity index (χ2v) is 7.01.